The monoisotopic (exact) mass is 618 g/mol. The van der Waals surface area contributed by atoms with E-state index in [4.69, 9.17) is 16.3 Å². The van der Waals surface area contributed by atoms with E-state index in [0.717, 1.165) is 21.0 Å². The summed E-state index contributed by atoms with van der Waals surface area (Å²) in [5.74, 6) is -0.487. The van der Waals surface area contributed by atoms with Crippen molar-refractivity contribution in [3.63, 3.8) is 0 Å². The number of anilines is 2. The molecule has 0 fully saturated rings. The van der Waals surface area contributed by atoms with Crippen LogP contribution in [-0.2, 0) is 19.6 Å². The minimum absolute atomic E-state index is 0.0813. The van der Waals surface area contributed by atoms with E-state index >= 15 is 0 Å². The van der Waals surface area contributed by atoms with E-state index in [2.05, 4.69) is 15.8 Å². The molecule has 4 aromatic rings. The molecule has 0 saturated carbocycles. The number of hydrogen-bond donors (Lipinski definition) is 2. The maximum Gasteiger partial charge on any atom is 0.264 e. The molecule has 9 nitrogen and oxygen atoms in total. The third-order valence-electron chi connectivity index (χ3n) is 6.15. The number of aryl methyl sites for hydroxylation is 3. The summed E-state index contributed by atoms with van der Waals surface area (Å²) in [5, 5.41) is 7.20. The van der Waals surface area contributed by atoms with E-state index in [1.807, 2.05) is 26.8 Å². The summed E-state index contributed by atoms with van der Waals surface area (Å²) < 4.78 is 33.8. The Morgan fingerprint density at radius 2 is 1.53 bits per heavy atom. The Morgan fingerprint density at radius 3 is 2.19 bits per heavy atom. The minimum atomic E-state index is -4.04. The van der Waals surface area contributed by atoms with E-state index < -0.39 is 22.5 Å². The number of carbonyl (C=O) groups is 2. The molecule has 0 heterocycles. The Labute approximate surface area is 256 Å². The molecular weight excluding hydrogens is 588 g/mol. The lowest BCUT2D eigenvalue weighted by Gasteiger charge is -2.24. The van der Waals surface area contributed by atoms with Gasteiger partial charge in [0.25, 0.3) is 21.8 Å². The number of hydrazone groups is 1. The summed E-state index contributed by atoms with van der Waals surface area (Å²) in [6, 6.07) is 25.4. The molecule has 11 heteroatoms. The van der Waals surface area contributed by atoms with Crippen LogP contribution in [0.3, 0.4) is 0 Å². The summed E-state index contributed by atoms with van der Waals surface area (Å²) in [4.78, 5) is 25.1. The molecular formula is C32H31ClN4O5S. The smallest absolute Gasteiger partial charge is 0.264 e. The second-order valence-electron chi connectivity index (χ2n) is 9.88. The van der Waals surface area contributed by atoms with Crippen LogP contribution >= 0.6 is 11.6 Å². The van der Waals surface area contributed by atoms with Gasteiger partial charge in [0.15, 0.2) is 6.61 Å². The summed E-state index contributed by atoms with van der Waals surface area (Å²) in [6.07, 6.45) is 1.42. The van der Waals surface area contributed by atoms with Gasteiger partial charge in [0.1, 0.15) is 12.3 Å². The van der Waals surface area contributed by atoms with Crippen LogP contribution in [0.15, 0.2) is 101 Å². The summed E-state index contributed by atoms with van der Waals surface area (Å²) in [6.45, 7) is 4.93. The Kier molecular flexibility index (Phi) is 10.2. The molecule has 2 N–H and O–H groups in total. The zero-order chi connectivity index (χ0) is 31.0. The van der Waals surface area contributed by atoms with Gasteiger partial charge in [-0.05, 0) is 104 Å². The highest BCUT2D eigenvalue weighted by Gasteiger charge is 2.27. The van der Waals surface area contributed by atoms with Gasteiger partial charge in [0, 0.05) is 10.7 Å². The van der Waals surface area contributed by atoms with Crippen molar-refractivity contribution < 1.29 is 22.7 Å². The molecule has 222 valence electrons. The first kappa shape index (κ1) is 31.3. The highest BCUT2D eigenvalue weighted by atomic mass is 35.5. The number of nitrogens with one attached hydrogen (secondary N) is 2. The van der Waals surface area contributed by atoms with E-state index in [1.54, 1.807) is 72.8 Å². The second kappa shape index (κ2) is 14.0. The Hall–Kier alpha value is -4.67. The zero-order valence-electron chi connectivity index (χ0n) is 23.9. The molecule has 4 aromatic carbocycles. The molecule has 0 unspecified atom stereocenters. The van der Waals surface area contributed by atoms with Crippen molar-refractivity contribution in [1.29, 1.82) is 0 Å². The molecule has 43 heavy (non-hydrogen) atoms. The summed E-state index contributed by atoms with van der Waals surface area (Å²) >= 11 is 5.93. The standard InChI is InChI=1S/C32H31ClN4O5S/c1-22-7-13-30(14-8-22)43(40,41)37(28-16-23(2)15-24(3)17-28)20-31(38)36-34-19-25-9-11-29(12-10-25)42-21-32(39)35-27-6-4-5-26(33)18-27/h4-19H,20-21H2,1-3H3,(H,35,39)(H,36,38)/b34-19-. The van der Waals surface area contributed by atoms with Gasteiger partial charge in [-0.3, -0.25) is 13.9 Å². The van der Waals surface area contributed by atoms with Crippen LogP contribution < -0.4 is 19.8 Å². The molecule has 0 spiro atoms. The lowest BCUT2D eigenvalue weighted by atomic mass is 10.1. The first-order valence-electron chi connectivity index (χ1n) is 13.3. The van der Waals surface area contributed by atoms with Crippen molar-refractivity contribution in [3.05, 3.63) is 118 Å². The molecule has 0 radical (unpaired) electrons. The van der Waals surface area contributed by atoms with Gasteiger partial charge in [-0.25, -0.2) is 13.8 Å². The number of ether oxygens (including phenoxy) is 1. The predicted octanol–water partition coefficient (Wildman–Crippen LogP) is 5.63. The quantitative estimate of drug-likeness (QED) is 0.167. The third kappa shape index (κ3) is 8.91. The maximum atomic E-state index is 13.6. The van der Waals surface area contributed by atoms with Gasteiger partial charge < -0.3 is 10.1 Å². The molecule has 0 aliphatic rings. The molecule has 4 rings (SSSR count). The lowest BCUT2D eigenvalue weighted by molar-refractivity contribution is -0.119. The topological polar surface area (TPSA) is 117 Å². The number of nitrogens with zero attached hydrogens (tertiary/aromatic N) is 2. The first-order valence-corrected chi connectivity index (χ1v) is 15.1. The van der Waals surface area contributed by atoms with Gasteiger partial charge in [-0.15, -0.1) is 0 Å². The predicted molar refractivity (Wildman–Crippen MR) is 169 cm³/mol. The third-order valence-corrected chi connectivity index (χ3v) is 8.18. The summed E-state index contributed by atoms with van der Waals surface area (Å²) in [7, 11) is -4.04. The molecule has 0 aromatic heterocycles. The van der Waals surface area contributed by atoms with Crippen LogP contribution in [0.5, 0.6) is 5.75 Å². The van der Waals surface area contributed by atoms with Crippen LogP contribution in [0.25, 0.3) is 0 Å². The molecule has 2 amide bonds. The van der Waals surface area contributed by atoms with Crippen molar-refractivity contribution in [3.8, 4) is 5.75 Å². The van der Waals surface area contributed by atoms with Crippen LogP contribution in [-0.4, -0.2) is 39.6 Å². The molecule has 0 aliphatic carbocycles. The Morgan fingerprint density at radius 1 is 0.860 bits per heavy atom. The molecule has 0 atom stereocenters. The van der Waals surface area contributed by atoms with Crippen molar-refractivity contribution >= 4 is 51.0 Å². The van der Waals surface area contributed by atoms with Gasteiger partial charge in [-0.2, -0.15) is 5.10 Å². The van der Waals surface area contributed by atoms with Crippen molar-refractivity contribution in [2.75, 3.05) is 22.8 Å². The first-order chi connectivity index (χ1) is 20.5. The van der Waals surface area contributed by atoms with Crippen molar-refractivity contribution in [2.45, 2.75) is 25.7 Å². The average Bonchev–Trinajstić information content (AvgIpc) is 2.95. The fourth-order valence-electron chi connectivity index (χ4n) is 4.15. The summed E-state index contributed by atoms with van der Waals surface area (Å²) in [5.41, 5.74) is 6.66. The number of rotatable bonds is 11. The van der Waals surface area contributed by atoms with Crippen LogP contribution in [0, 0.1) is 20.8 Å². The molecule has 0 bridgehead atoms. The fraction of sp³-hybridized carbons (Fsp3) is 0.156. The van der Waals surface area contributed by atoms with Gasteiger partial charge in [-0.1, -0.05) is 41.4 Å². The van der Waals surface area contributed by atoms with Gasteiger partial charge >= 0.3 is 0 Å². The van der Waals surface area contributed by atoms with Crippen LogP contribution in [0.4, 0.5) is 11.4 Å². The van der Waals surface area contributed by atoms with Crippen LogP contribution in [0.2, 0.25) is 5.02 Å². The number of benzene rings is 4. The second-order valence-corrected chi connectivity index (χ2v) is 12.2. The number of hydrogen-bond acceptors (Lipinski definition) is 6. The number of halogens is 1. The highest BCUT2D eigenvalue weighted by Crippen LogP contribution is 2.26. The average molecular weight is 619 g/mol. The maximum absolute atomic E-state index is 13.6. The van der Waals surface area contributed by atoms with E-state index in [1.165, 1.54) is 18.3 Å². The number of carbonyl (C=O) groups excluding carboxylic acids is 2. The molecule has 0 saturated heterocycles. The van der Waals surface area contributed by atoms with Gasteiger partial charge in [0.2, 0.25) is 0 Å². The Balaban J connectivity index is 1.37. The Bertz CT molecular complexity index is 1720. The number of sulfonamides is 1. The van der Waals surface area contributed by atoms with Crippen molar-refractivity contribution in [2.24, 2.45) is 5.10 Å². The fourth-order valence-corrected chi connectivity index (χ4v) is 5.75. The van der Waals surface area contributed by atoms with E-state index in [9.17, 15) is 18.0 Å². The van der Waals surface area contributed by atoms with E-state index in [-0.39, 0.29) is 17.4 Å². The normalized spacial score (nSPS) is 11.3. The number of amides is 2. The van der Waals surface area contributed by atoms with E-state index in [0.29, 0.717) is 27.7 Å². The zero-order valence-corrected chi connectivity index (χ0v) is 25.4. The van der Waals surface area contributed by atoms with Crippen molar-refractivity contribution in [1.82, 2.24) is 5.43 Å². The molecule has 0 aliphatic heterocycles. The minimum Gasteiger partial charge on any atom is -0.484 e. The van der Waals surface area contributed by atoms with Gasteiger partial charge in [0.05, 0.1) is 16.8 Å². The largest absolute Gasteiger partial charge is 0.484 e. The highest BCUT2D eigenvalue weighted by molar-refractivity contribution is 7.92. The van der Waals surface area contributed by atoms with Crippen LogP contribution in [0.1, 0.15) is 22.3 Å². The lowest BCUT2D eigenvalue weighted by Crippen LogP contribution is -2.39. The SMILES string of the molecule is Cc1ccc(S(=O)(=O)N(CC(=O)N/N=C\c2ccc(OCC(=O)Nc3cccc(Cl)c3)cc2)c2cc(C)cc(C)c2)cc1.